The monoisotopic (exact) mass is 248 g/mol. The summed E-state index contributed by atoms with van der Waals surface area (Å²) in [6.07, 6.45) is 0.850. The first-order valence-corrected chi connectivity index (χ1v) is 5.75. The van der Waals surface area contributed by atoms with Gasteiger partial charge in [-0.15, -0.1) is 0 Å². The predicted octanol–water partition coefficient (Wildman–Crippen LogP) is 0.795. The number of nitrogens with zero attached hydrogens (tertiary/aromatic N) is 1. The van der Waals surface area contributed by atoms with E-state index in [-0.39, 0.29) is 18.4 Å². The van der Waals surface area contributed by atoms with Crippen LogP contribution in [0.5, 0.6) is 5.75 Å². The van der Waals surface area contributed by atoms with Crippen LogP contribution in [0.4, 0.5) is 5.69 Å². The van der Waals surface area contributed by atoms with Gasteiger partial charge in [0.05, 0.1) is 18.8 Å². The molecule has 0 atom stereocenters. The zero-order valence-corrected chi connectivity index (χ0v) is 9.64. The maximum Gasteiger partial charge on any atom is 0.277 e. The third-order valence-electron chi connectivity index (χ3n) is 2.84. The van der Waals surface area contributed by atoms with Crippen LogP contribution in [-0.4, -0.2) is 36.6 Å². The molecule has 1 saturated heterocycles. The van der Waals surface area contributed by atoms with E-state index in [0.29, 0.717) is 30.2 Å². The minimum Gasteiger partial charge on any atom is -0.482 e. The number of fused-ring (bicyclic) bond motifs is 1. The van der Waals surface area contributed by atoms with Gasteiger partial charge in [0.15, 0.2) is 6.61 Å². The Hall–Kier alpha value is -2.08. The first kappa shape index (κ1) is 11.0. The van der Waals surface area contributed by atoms with Crippen molar-refractivity contribution in [3.63, 3.8) is 0 Å². The Morgan fingerprint density at radius 2 is 2.28 bits per heavy atom. The Balaban J connectivity index is 1.85. The molecule has 1 N–H and O–H groups in total. The van der Waals surface area contributed by atoms with E-state index in [9.17, 15) is 9.59 Å². The minimum atomic E-state index is -0.190. The van der Waals surface area contributed by atoms with E-state index in [2.05, 4.69) is 5.32 Å². The zero-order valence-electron chi connectivity index (χ0n) is 9.64. The molecule has 2 heterocycles. The third-order valence-corrected chi connectivity index (χ3v) is 2.84. The molecule has 3 rings (SSSR count). The van der Waals surface area contributed by atoms with Crippen molar-refractivity contribution in [1.29, 1.82) is 0 Å². The van der Waals surface area contributed by atoms with E-state index < -0.39 is 0 Å². The number of hydroxylamine groups is 2. The highest BCUT2D eigenvalue weighted by Crippen LogP contribution is 2.29. The first-order valence-electron chi connectivity index (χ1n) is 5.75. The van der Waals surface area contributed by atoms with Gasteiger partial charge in [-0.25, -0.2) is 5.06 Å². The van der Waals surface area contributed by atoms with Gasteiger partial charge in [0, 0.05) is 5.56 Å². The summed E-state index contributed by atoms with van der Waals surface area (Å²) in [7, 11) is 0. The normalized spacial score (nSPS) is 18.0. The number of benzene rings is 1. The van der Waals surface area contributed by atoms with Crippen LogP contribution in [0.25, 0.3) is 0 Å². The van der Waals surface area contributed by atoms with Crippen LogP contribution in [0.15, 0.2) is 18.2 Å². The largest absolute Gasteiger partial charge is 0.482 e. The van der Waals surface area contributed by atoms with Crippen molar-refractivity contribution in [1.82, 2.24) is 5.06 Å². The fourth-order valence-electron chi connectivity index (χ4n) is 1.96. The van der Waals surface area contributed by atoms with Crippen LogP contribution < -0.4 is 10.1 Å². The molecule has 0 aromatic heterocycles. The topological polar surface area (TPSA) is 67.9 Å². The molecule has 0 radical (unpaired) electrons. The molecule has 6 nitrogen and oxygen atoms in total. The van der Waals surface area contributed by atoms with Gasteiger partial charge in [0.1, 0.15) is 5.75 Å². The summed E-state index contributed by atoms with van der Waals surface area (Å²) >= 11 is 0. The fraction of sp³-hybridized carbons (Fsp3) is 0.333. The van der Waals surface area contributed by atoms with Crippen LogP contribution in [-0.2, 0) is 9.63 Å². The summed E-state index contributed by atoms with van der Waals surface area (Å²) in [4.78, 5) is 28.4. The van der Waals surface area contributed by atoms with Crippen molar-refractivity contribution in [2.75, 3.05) is 25.1 Å². The van der Waals surface area contributed by atoms with Crippen LogP contribution in [0.2, 0.25) is 0 Å². The number of ether oxygens (including phenoxy) is 1. The van der Waals surface area contributed by atoms with Crippen LogP contribution in [0, 0.1) is 0 Å². The summed E-state index contributed by atoms with van der Waals surface area (Å²) in [5.41, 5.74) is 1.08. The second-order valence-corrected chi connectivity index (χ2v) is 4.14. The van der Waals surface area contributed by atoms with Crippen LogP contribution >= 0.6 is 0 Å². The van der Waals surface area contributed by atoms with E-state index in [0.717, 1.165) is 6.42 Å². The lowest BCUT2D eigenvalue weighted by Gasteiger charge is -2.19. The highest BCUT2D eigenvalue weighted by Gasteiger charge is 2.23. The van der Waals surface area contributed by atoms with Gasteiger partial charge in [-0.05, 0) is 24.6 Å². The Morgan fingerprint density at radius 3 is 3.06 bits per heavy atom. The summed E-state index contributed by atoms with van der Waals surface area (Å²) in [5.74, 6) is 0.139. The molecule has 0 aliphatic carbocycles. The lowest BCUT2D eigenvalue weighted by molar-refractivity contribution is -0.118. The lowest BCUT2D eigenvalue weighted by Crippen LogP contribution is -2.28. The zero-order chi connectivity index (χ0) is 12.5. The molecule has 2 aliphatic rings. The van der Waals surface area contributed by atoms with Crippen molar-refractivity contribution in [3.8, 4) is 5.75 Å². The molecular weight excluding hydrogens is 236 g/mol. The number of anilines is 1. The quantitative estimate of drug-likeness (QED) is 0.798. The predicted molar refractivity (Wildman–Crippen MR) is 62.2 cm³/mol. The number of carbonyl (C=O) groups excluding carboxylic acids is 2. The number of hydrogen-bond acceptors (Lipinski definition) is 4. The molecule has 0 bridgehead atoms. The molecule has 1 aromatic carbocycles. The minimum absolute atomic E-state index is 0.0230. The second kappa shape index (κ2) is 4.30. The van der Waals surface area contributed by atoms with Crippen LogP contribution in [0.3, 0.4) is 0 Å². The van der Waals surface area contributed by atoms with Crippen molar-refractivity contribution < 1.29 is 19.2 Å². The van der Waals surface area contributed by atoms with Crippen molar-refractivity contribution in [3.05, 3.63) is 23.8 Å². The lowest BCUT2D eigenvalue weighted by atomic mass is 10.1. The Morgan fingerprint density at radius 1 is 1.39 bits per heavy atom. The smallest absolute Gasteiger partial charge is 0.277 e. The second-order valence-electron chi connectivity index (χ2n) is 4.14. The molecule has 1 aromatic rings. The standard InChI is InChI=1S/C12H12N2O4/c15-11-7-17-10-6-8(2-3-9(10)13-11)12(16)14-4-1-5-18-14/h2-3,6H,1,4-5,7H2,(H,13,15). The Labute approximate surface area is 103 Å². The molecule has 2 amide bonds. The van der Waals surface area contributed by atoms with E-state index in [1.165, 1.54) is 5.06 Å². The molecule has 18 heavy (non-hydrogen) atoms. The average Bonchev–Trinajstić information content (AvgIpc) is 2.91. The number of nitrogens with one attached hydrogen (secondary N) is 1. The summed E-state index contributed by atoms with van der Waals surface area (Å²) in [6.45, 7) is 1.15. The van der Waals surface area contributed by atoms with Crippen LogP contribution in [0.1, 0.15) is 16.8 Å². The van der Waals surface area contributed by atoms with Gasteiger partial charge < -0.3 is 10.1 Å². The van der Waals surface area contributed by atoms with Gasteiger partial charge in [0.2, 0.25) is 0 Å². The van der Waals surface area contributed by atoms with Crippen molar-refractivity contribution in [2.24, 2.45) is 0 Å². The maximum absolute atomic E-state index is 12.1. The van der Waals surface area contributed by atoms with Crippen molar-refractivity contribution in [2.45, 2.75) is 6.42 Å². The Bertz CT molecular complexity index is 509. The molecule has 1 fully saturated rings. The van der Waals surface area contributed by atoms with Gasteiger partial charge in [0.25, 0.3) is 11.8 Å². The number of amides is 2. The number of rotatable bonds is 1. The molecular formula is C12H12N2O4. The molecule has 6 heteroatoms. The van der Waals surface area contributed by atoms with E-state index in [1.54, 1.807) is 18.2 Å². The average molecular weight is 248 g/mol. The van der Waals surface area contributed by atoms with Gasteiger partial charge >= 0.3 is 0 Å². The SMILES string of the molecule is O=C1COc2cc(C(=O)N3CCCO3)ccc2N1. The number of carbonyl (C=O) groups is 2. The third kappa shape index (κ3) is 1.91. The number of hydrogen-bond donors (Lipinski definition) is 1. The van der Waals surface area contributed by atoms with Gasteiger partial charge in [-0.2, -0.15) is 0 Å². The molecule has 0 spiro atoms. The van der Waals surface area contributed by atoms with Gasteiger partial charge in [-0.3, -0.25) is 14.4 Å². The molecule has 0 saturated carbocycles. The summed E-state index contributed by atoms with van der Waals surface area (Å²) < 4.78 is 5.27. The maximum atomic E-state index is 12.1. The summed E-state index contributed by atoms with van der Waals surface area (Å²) in [6, 6.07) is 4.94. The Kier molecular flexibility index (Phi) is 2.64. The van der Waals surface area contributed by atoms with E-state index in [4.69, 9.17) is 9.57 Å². The summed E-state index contributed by atoms with van der Waals surface area (Å²) in [5, 5.41) is 4.03. The fourth-order valence-corrected chi connectivity index (χ4v) is 1.96. The molecule has 94 valence electrons. The molecule has 0 unspecified atom stereocenters. The van der Waals surface area contributed by atoms with Crippen molar-refractivity contribution >= 4 is 17.5 Å². The van der Waals surface area contributed by atoms with E-state index >= 15 is 0 Å². The van der Waals surface area contributed by atoms with E-state index in [1.807, 2.05) is 0 Å². The first-order chi connectivity index (χ1) is 8.74. The highest BCUT2D eigenvalue weighted by atomic mass is 16.7. The molecule has 2 aliphatic heterocycles. The highest BCUT2D eigenvalue weighted by molar-refractivity contribution is 5.98. The van der Waals surface area contributed by atoms with Gasteiger partial charge in [-0.1, -0.05) is 0 Å².